The third-order valence-corrected chi connectivity index (χ3v) is 2.70. The second-order valence-electron chi connectivity index (χ2n) is 4.07. The average molecular weight is 269 g/mol. The number of carbonyl (C=O) groups is 1. The van der Waals surface area contributed by atoms with E-state index in [9.17, 15) is 4.79 Å². The van der Waals surface area contributed by atoms with Crippen LogP contribution >= 0.6 is 0 Å². The molecule has 2 aromatic carbocycles. The van der Waals surface area contributed by atoms with Gasteiger partial charge in [-0.3, -0.25) is 0 Å². The van der Waals surface area contributed by atoms with Crippen molar-refractivity contribution in [2.45, 2.75) is 6.61 Å². The van der Waals surface area contributed by atoms with Gasteiger partial charge in [0.25, 0.3) is 0 Å². The molecule has 1 heterocycles. The maximum absolute atomic E-state index is 11.6. The second kappa shape index (κ2) is 5.40. The highest BCUT2D eigenvalue weighted by Gasteiger charge is 2.11. The van der Waals surface area contributed by atoms with Gasteiger partial charge in [-0.2, -0.15) is 15.4 Å². The zero-order valence-corrected chi connectivity index (χ0v) is 10.4. The monoisotopic (exact) mass is 269 g/mol. The molecule has 0 spiro atoms. The number of benzene rings is 2. The van der Waals surface area contributed by atoms with E-state index in [1.54, 1.807) is 18.2 Å². The Hall–Kier alpha value is -2.89. The SMILES string of the molecule is O=C(OCc1ccccc1)Oc1cccc2n[nH]nc12. The minimum atomic E-state index is -0.774. The first-order valence-corrected chi connectivity index (χ1v) is 6.01. The molecule has 100 valence electrons. The fourth-order valence-corrected chi connectivity index (χ4v) is 1.76. The summed E-state index contributed by atoms with van der Waals surface area (Å²) in [4.78, 5) is 11.6. The minimum absolute atomic E-state index is 0.161. The van der Waals surface area contributed by atoms with Crippen LogP contribution in [0.5, 0.6) is 5.75 Å². The summed E-state index contributed by atoms with van der Waals surface area (Å²) in [6.07, 6.45) is -0.774. The Kier molecular flexibility index (Phi) is 3.28. The van der Waals surface area contributed by atoms with Gasteiger partial charge in [0.05, 0.1) is 0 Å². The van der Waals surface area contributed by atoms with Crippen LogP contribution in [-0.4, -0.2) is 21.6 Å². The first-order valence-electron chi connectivity index (χ1n) is 6.01. The number of hydrogen-bond donors (Lipinski definition) is 1. The molecular formula is C14H11N3O3. The van der Waals surface area contributed by atoms with Crippen molar-refractivity contribution in [3.63, 3.8) is 0 Å². The van der Waals surface area contributed by atoms with E-state index in [0.717, 1.165) is 5.56 Å². The summed E-state index contributed by atoms with van der Waals surface area (Å²) in [6, 6.07) is 14.5. The van der Waals surface area contributed by atoms with E-state index >= 15 is 0 Å². The Balaban J connectivity index is 1.66. The maximum atomic E-state index is 11.6. The fraction of sp³-hybridized carbons (Fsp3) is 0.0714. The minimum Gasteiger partial charge on any atom is -0.429 e. The van der Waals surface area contributed by atoms with Crippen molar-refractivity contribution >= 4 is 17.2 Å². The topological polar surface area (TPSA) is 77.1 Å². The molecule has 0 fully saturated rings. The highest BCUT2D eigenvalue weighted by Crippen LogP contribution is 2.21. The molecule has 0 saturated carbocycles. The van der Waals surface area contributed by atoms with Gasteiger partial charge in [-0.25, -0.2) is 4.79 Å². The van der Waals surface area contributed by atoms with E-state index in [1.165, 1.54) is 0 Å². The number of H-pyrrole nitrogens is 1. The molecule has 6 nitrogen and oxygen atoms in total. The molecule has 0 saturated heterocycles. The lowest BCUT2D eigenvalue weighted by molar-refractivity contribution is 0.0932. The van der Waals surface area contributed by atoms with Crippen molar-refractivity contribution in [2.75, 3.05) is 0 Å². The lowest BCUT2D eigenvalue weighted by Crippen LogP contribution is -2.10. The van der Waals surface area contributed by atoms with Crippen molar-refractivity contribution in [3.05, 3.63) is 54.1 Å². The van der Waals surface area contributed by atoms with Crippen LogP contribution < -0.4 is 4.74 Å². The highest BCUT2D eigenvalue weighted by atomic mass is 16.7. The molecule has 0 aliphatic rings. The molecule has 3 aromatic rings. The Labute approximate surface area is 114 Å². The third kappa shape index (κ3) is 2.59. The molecule has 1 aromatic heterocycles. The van der Waals surface area contributed by atoms with Gasteiger partial charge in [0.15, 0.2) is 11.3 Å². The van der Waals surface area contributed by atoms with Crippen LogP contribution in [0.25, 0.3) is 11.0 Å². The number of fused-ring (bicyclic) bond motifs is 1. The largest absolute Gasteiger partial charge is 0.514 e. The van der Waals surface area contributed by atoms with Gasteiger partial charge in [0.2, 0.25) is 0 Å². The summed E-state index contributed by atoms with van der Waals surface area (Å²) in [7, 11) is 0. The number of rotatable bonds is 3. The molecule has 0 unspecified atom stereocenters. The first kappa shape index (κ1) is 12.2. The lowest BCUT2D eigenvalue weighted by atomic mass is 10.2. The van der Waals surface area contributed by atoms with Crippen LogP contribution in [0.4, 0.5) is 4.79 Å². The number of aromatic amines is 1. The van der Waals surface area contributed by atoms with Gasteiger partial charge < -0.3 is 9.47 Å². The van der Waals surface area contributed by atoms with Crippen LogP contribution in [0.3, 0.4) is 0 Å². The Morgan fingerprint density at radius 2 is 1.90 bits per heavy atom. The number of para-hydroxylation sites is 1. The zero-order valence-electron chi connectivity index (χ0n) is 10.4. The van der Waals surface area contributed by atoms with Gasteiger partial charge in [0.1, 0.15) is 12.1 Å². The van der Waals surface area contributed by atoms with E-state index in [-0.39, 0.29) is 6.61 Å². The van der Waals surface area contributed by atoms with E-state index in [4.69, 9.17) is 9.47 Å². The van der Waals surface area contributed by atoms with Crippen molar-refractivity contribution in [3.8, 4) is 5.75 Å². The van der Waals surface area contributed by atoms with Crippen molar-refractivity contribution < 1.29 is 14.3 Å². The summed E-state index contributed by atoms with van der Waals surface area (Å²) in [5.41, 5.74) is 2.01. The van der Waals surface area contributed by atoms with Gasteiger partial charge in [0, 0.05) is 0 Å². The summed E-state index contributed by atoms with van der Waals surface area (Å²) < 4.78 is 10.2. The van der Waals surface area contributed by atoms with E-state index in [2.05, 4.69) is 15.4 Å². The molecule has 3 rings (SSSR count). The predicted octanol–water partition coefficient (Wildman–Crippen LogP) is 2.67. The molecule has 0 amide bonds. The third-order valence-electron chi connectivity index (χ3n) is 2.70. The van der Waals surface area contributed by atoms with E-state index < -0.39 is 6.16 Å². The normalized spacial score (nSPS) is 10.4. The van der Waals surface area contributed by atoms with Gasteiger partial charge in [-0.05, 0) is 17.7 Å². The molecule has 1 N–H and O–H groups in total. The van der Waals surface area contributed by atoms with Gasteiger partial charge in [-0.1, -0.05) is 36.4 Å². The van der Waals surface area contributed by atoms with Crippen LogP contribution in [0.2, 0.25) is 0 Å². The number of aromatic nitrogens is 3. The standard InChI is InChI=1S/C14H11N3O3/c18-14(19-9-10-5-2-1-3-6-10)20-12-8-4-7-11-13(12)16-17-15-11/h1-8H,9H2,(H,15,16,17). The highest BCUT2D eigenvalue weighted by molar-refractivity contribution is 5.82. The van der Waals surface area contributed by atoms with Crippen LogP contribution in [-0.2, 0) is 11.3 Å². The number of nitrogens with zero attached hydrogens (tertiary/aromatic N) is 2. The predicted molar refractivity (Wildman–Crippen MR) is 71.1 cm³/mol. The fourth-order valence-electron chi connectivity index (χ4n) is 1.76. The van der Waals surface area contributed by atoms with Crippen LogP contribution in [0, 0.1) is 0 Å². The van der Waals surface area contributed by atoms with Crippen molar-refractivity contribution in [2.24, 2.45) is 0 Å². The summed E-state index contributed by atoms with van der Waals surface area (Å²) >= 11 is 0. The van der Waals surface area contributed by atoms with Gasteiger partial charge >= 0.3 is 6.16 Å². The molecule has 0 radical (unpaired) electrons. The Morgan fingerprint density at radius 1 is 1.05 bits per heavy atom. The zero-order chi connectivity index (χ0) is 13.8. The van der Waals surface area contributed by atoms with Crippen LogP contribution in [0.1, 0.15) is 5.56 Å². The number of ether oxygens (including phenoxy) is 2. The Morgan fingerprint density at radius 3 is 2.75 bits per heavy atom. The summed E-state index contributed by atoms with van der Waals surface area (Å²) in [5, 5.41) is 10.3. The second-order valence-corrected chi connectivity index (χ2v) is 4.07. The van der Waals surface area contributed by atoms with Crippen LogP contribution in [0.15, 0.2) is 48.5 Å². The first-order chi connectivity index (χ1) is 9.83. The molecule has 6 heteroatoms. The summed E-state index contributed by atoms with van der Waals surface area (Å²) in [5.74, 6) is 0.314. The quantitative estimate of drug-likeness (QED) is 0.584. The van der Waals surface area contributed by atoms with Gasteiger partial charge in [-0.15, -0.1) is 0 Å². The molecule has 0 aliphatic carbocycles. The molecule has 0 bridgehead atoms. The van der Waals surface area contributed by atoms with Crippen molar-refractivity contribution in [1.29, 1.82) is 0 Å². The van der Waals surface area contributed by atoms with Crippen molar-refractivity contribution in [1.82, 2.24) is 15.4 Å². The van der Waals surface area contributed by atoms with E-state index in [0.29, 0.717) is 16.8 Å². The molecule has 20 heavy (non-hydrogen) atoms. The Bertz CT molecular complexity index is 725. The smallest absolute Gasteiger partial charge is 0.429 e. The number of carbonyl (C=O) groups excluding carboxylic acids is 1. The maximum Gasteiger partial charge on any atom is 0.514 e. The van der Waals surface area contributed by atoms with E-state index in [1.807, 2.05) is 30.3 Å². The number of nitrogens with one attached hydrogen (secondary N) is 1. The molecule has 0 atom stereocenters. The molecule has 0 aliphatic heterocycles. The lowest BCUT2D eigenvalue weighted by Gasteiger charge is -2.05. The molecular weight excluding hydrogens is 258 g/mol. The summed E-state index contributed by atoms with van der Waals surface area (Å²) in [6.45, 7) is 0.161. The number of hydrogen-bond acceptors (Lipinski definition) is 5. The average Bonchev–Trinajstić information content (AvgIpc) is 2.96.